The van der Waals surface area contributed by atoms with Crippen molar-refractivity contribution in [1.29, 1.82) is 0 Å². The van der Waals surface area contributed by atoms with Crippen LogP contribution in [0.4, 0.5) is 0 Å². The maximum Gasteiger partial charge on any atom is 0.123 e. The molecule has 4 unspecified atom stereocenters. The molecule has 0 aromatic heterocycles. The Morgan fingerprint density at radius 3 is 2.33 bits per heavy atom. The molecule has 0 aromatic carbocycles. The van der Waals surface area contributed by atoms with Gasteiger partial charge in [-0.25, -0.2) is 0 Å². The molecule has 1 N–H and O–H groups in total. The minimum atomic E-state index is -1.41. The molecule has 4 atom stereocenters. The van der Waals surface area contributed by atoms with Crippen molar-refractivity contribution in [2.45, 2.75) is 58.3 Å². The number of allylic oxidation sites excluding steroid dienone is 4. The van der Waals surface area contributed by atoms with Crippen LogP contribution in [-0.2, 0) is 0 Å². The fourth-order valence-electron chi connectivity index (χ4n) is 4.49. The van der Waals surface area contributed by atoms with Gasteiger partial charge in [-0.3, -0.25) is 0 Å². The molecule has 2 aliphatic carbocycles. The van der Waals surface area contributed by atoms with Gasteiger partial charge in [-0.05, 0) is 50.5 Å². The zero-order chi connectivity index (χ0) is 13.6. The molecule has 0 saturated heterocycles. The van der Waals surface area contributed by atoms with Crippen LogP contribution in [0.1, 0.15) is 34.1 Å². The summed E-state index contributed by atoms with van der Waals surface area (Å²) in [7, 11) is -1.41. The monoisotopic (exact) mass is 263 g/mol. The first-order chi connectivity index (χ1) is 8.21. The highest BCUT2D eigenvalue weighted by Gasteiger charge is 2.48. The highest BCUT2D eigenvalue weighted by molar-refractivity contribution is 6.76. The number of nitrogens with one attached hydrogen (secondary N) is 1. The van der Waals surface area contributed by atoms with E-state index in [-0.39, 0.29) is 5.54 Å². The lowest BCUT2D eigenvalue weighted by Gasteiger charge is -2.42. The third-order valence-corrected chi connectivity index (χ3v) is 8.51. The van der Waals surface area contributed by atoms with Crippen LogP contribution in [0.25, 0.3) is 0 Å². The van der Waals surface area contributed by atoms with Crippen molar-refractivity contribution >= 4 is 8.24 Å². The minimum Gasteiger partial charge on any atom is -0.332 e. The molecular formula is C16H29NSi. The van der Waals surface area contributed by atoms with E-state index < -0.39 is 8.24 Å². The molecule has 2 aliphatic rings. The zero-order valence-corrected chi connectivity index (χ0v) is 13.8. The van der Waals surface area contributed by atoms with Gasteiger partial charge >= 0.3 is 0 Å². The first-order valence-corrected chi connectivity index (χ1v) is 10.4. The lowest BCUT2D eigenvalue weighted by Crippen LogP contribution is -2.58. The van der Waals surface area contributed by atoms with Crippen LogP contribution in [0.2, 0.25) is 18.6 Å². The van der Waals surface area contributed by atoms with Gasteiger partial charge in [0.05, 0.1) is 0 Å². The molecule has 1 saturated carbocycles. The average molecular weight is 264 g/mol. The van der Waals surface area contributed by atoms with Gasteiger partial charge in [-0.2, -0.15) is 0 Å². The molecule has 102 valence electrons. The summed E-state index contributed by atoms with van der Waals surface area (Å²) < 4.78 is 0. The second kappa shape index (κ2) is 4.64. The quantitative estimate of drug-likeness (QED) is 0.730. The van der Waals surface area contributed by atoms with Crippen molar-refractivity contribution < 1.29 is 0 Å². The first-order valence-electron chi connectivity index (χ1n) is 7.35. The van der Waals surface area contributed by atoms with Crippen molar-refractivity contribution in [2.24, 2.45) is 17.8 Å². The fourth-order valence-corrected chi connectivity index (χ4v) is 9.47. The fraction of sp³-hybridized carbons (Fsp3) is 0.750. The van der Waals surface area contributed by atoms with Gasteiger partial charge in [0.15, 0.2) is 0 Å². The Kier molecular flexibility index (Phi) is 3.63. The van der Waals surface area contributed by atoms with Gasteiger partial charge in [0.25, 0.3) is 0 Å². The molecule has 1 nitrogen and oxygen atoms in total. The molecule has 2 rings (SSSR count). The van der Waals surface area contributed by atoms with E-state index in [1.54, 1.807) is 0 Å². The lowest BCUT2D eigenvalue weighted by atomic mass is 9.92. The predicted octanol–water partition coefficient (Wildman–Crippen LogP) is 4.35. The van der Waals surface area contributed by atoms with Gasteiger partial charge in [0.2, 0.25) is 0 Å². The van der Waals surface area contributed by atoms with E-state index in [4.69, 9.17) is 0 Å². The Morgan fingerprint density at radius 2 is 1.72 bits per heavy atom. The number of hydrogen-bond donors (Lipinski definition) is 1. The maximum absolute atomic E-state index is 3.98. The van der Waals surface area contributed by atoms with E-state index in [0.717, 1.165) is 23.3 Å². The highest BCUT2D eigenvalue weighted by Crippen LogP contribution is 2.52. The van der Waals surface area contributed by atoms with Gasteiger partial charge in [-0.1, -0.05) is 44.3 Å². The molecule has 1 fully saturated rings. The summed E-state index contributed by atoms with van der Waals surface area (Å²) in [5, 5.41) is 0. The molecular weight excluding hydrogens is 234 g/mol. The van der Waals surface area contributed by atoms with E-state index in [2.05, 4.69) is 70.1 Å². The Labute approximate surface area is 114 Å². The highest BCUT2D eigenvalue weighted by atomic mass is 28.3. The Bertz CT molecular complexity index is 362. The second-order valence-corrected chi connectivity index (χ2v) is 12.2. The maximum atomic E-state index is 3.98. The topological polar surface area (TPSA) is 12.0 Å². The number of fused-ring (bicyclic) bond motifs is 1. The molecule has 0 spiro atoms. The number of rotatable bonds is 2. The second-order valence-electron chi connectivity index (χ2n) is 7.85. The van der Waals surface area contributed by atoms with Crippen molar-refractivity contribution in [1.82, 2.24) is 4.98 Å². The van der Waals surface area contributed by atoms with Crippen LogP contribution >= 0.6 is 0 Å². The van der Waals surface area contributed by atoms with Gasteiger partial charge in [0, 0.05) is 5.54 Å². The van der Waals surface area contributed by atoms with Crippen LogP contribution in [0.3, 0.4) is 0 Å². The van der Waals surface area contributed by atoms with Crippen molar-refractivity contribution in [3.8, 4) is 0 Å². The lowest BCUT2D eigenvalue weighted by molar-refractivity contribution is 0.476. The summed E-state index contributed by atoms with van der Waals surface area (Å²) in [4.78, 5) is 3.98. The SMILES string of the molecule is CC1CC2C=CC=CC2C1[Si](C)(C)NC(C)(C)C. The van der Waals surface area contributed by atoms with E-state index >= 15 is 0 Å². The van der Waals surface area contributed by atoms with Crippen molar-refractivity contribution in [3.63, 3.8) is 0 Å². The zero-order valence-electron chi connectivity index (χ0n) is 12.8. The van der Waals surface area contributed by atoms with Crippen molar-refractivity contribution in [2.75, 3.05) is 0 Å². The summed E-state index contributed by atoms with van der Waals surface area (Å²) >= 11 is 0. The molecule has 18 heavy (non-hydrogen) atoms. The molecule has 0 amide bonds. The van der Waals surface area contributed by atoms with Crippen LogP contribution in [0.15, 0.2) is 24.3 Å². The molecule has 0 bridgehead atoms. The van der Waals surface area contributed by atoms with E-state index in [0.29, 0.717) is 0 Å². The smallest absolute Gasteiger partial charge is 0.123 e. The first kappa shape index (κ1) is 14.1. The van der Waals surface area contributed by atoms with E-state index in [9.17, 15) is 0 Å². The van der Waals surface area contributed by atoms with Gasteiger partial charge in [0.1, 0.15) is 8.24 Å². The largest absolute Gasteiger partial charge is 0.332 e. The van der Waals surface area contributed by atoms with Gasteiger partial charge < -0.3 is 4.98 Å². The average Bonchev–Trinajstić information content (AvgIpc) is 2.49. The molecule has 2 heteroatoms. The van der Waals surface area contributed by atoms with E-state index in [1.165, 1.54) is 6.42 Å². The Morgan fingerprint density at radius 1 is 1.11 bits per heavy atom. The van der Waals surface area contributed by atoms with Crippen LogP contribution < -0.4 is 4.98 Å². The Hall–Kier alpha value is -0.343. The van der Waals surface area contributed by atoms with Gasteiger partial charge in [-0.15, -0.1) is 0 Å². The van der Waals surface area contributed by atoms with Crippen LogP contribution in [0, 0.1) is 17.8 Å². The standard InChI is InChI=1S/C16H29NSi/c1-12-11-13-9-7-8-10-14(13)15(12)18(5,6)17-16(2,3)4/h7-10,12-15,17H,11H2,1-6H3. The Balaban J connectivity index is 2.21. The third kappa shape index (κ3) is 2.80. The summed E-state index contributed by atoms with van der Waals surface area (Å²) in [5.74, 6) is 2.42. The molecule has 0 heterocycles. The molecule has 0 aliphatic heterocycles. The van der Waals surface area contributed by atoms with E-state index in [1.807, 2.05) is 0 Å². The summed E-state index contributed by atoms with van der Waals surface area (Å²) in [5.41, 5.74) is 1.10. The normalized spacial score (nSPS) is 35.9. The van der Waals surface area contributed by atoms with Crippen LogP contribution in [-0.4, -0.2) is 13.8 Å². The minimum absolute atomic E-state index is 0.238. The summed E-state index contributed by atoms with van der Waals surface area (Å²) in [6.07, 6.45) is 10.8. The number of hydrogen-bond acceptors (Lipinski definition) is 1. The third-order valence-electron chi connectivity index (χ3n) is 4.50. The summed E-state index contributed by atoms with van der Waals surface area (Å²) in [6, 6.07) is 0. The molecule has 0 radical (unpaired) electrons. The van der Waals surface area contributed by atoms with Crippen LogP contribution in [0.5, 0.6) is 0 Å². The predicted molar refractivity (Wildman–Crippen MR) is 83.2 cm³/mol. The molecule has 0 aromatic rings. The summed E-state index contributed by atoms with van der Waals surface area (Å²) in [6.45, 7) is 14.4. The van der Waals surface area contributed by atoms with Crippen molar-refractivity contribution in [3.05, 3.63) is 24.3 Å².